The van der Waals surface area contributed by atoms with Gasteiger partial charge in [-0.1, -0.05) is 36.4 Å². The maximum Gasteiger partial charge on any atom is 0.362 e. The van der Waals surface area contributed by atoms with Crippen LogP contribution in [0.1, 0.15) is 22.3 Å². The number of rotatable bonds is 6. The van der Waals surface area contributed by atoms with Crippen molar-refractivity contribution in [3.05, 3.63) is 82.9 Å². The van der Waals surface area contributed by atoms with Crippen molar-refractivity contribution in [1.29, 1.82) is 0 Å². The molecule has 0 spiro atoms. The van der Waals surface area contributed by atoms with E-state index in [1.807, 2.05) is 38.1 Å². The smallest absolute Gasteiger partial charge is 0.362 e. The molecule has 0 saturated heterocycles. The van der Waals surface area contributed by atoms with Gasteiger partial charge in [0.05, 0.1) is 0 Å². The predicted molar refractivity (Wildman–Crippen MR) is 110 cm³/mol. The van der Waals surface area contributed by atoms with Crippen molar-refractivity contribution in [3.63, 3.8) is 0 Å². The highest BCUT2D eigenvalue weighted by atomic mass is 31.2. The minimum atomic E-state index is -4.20. The van der Waals surface area contributed by atoms with E-state index in [1.165, 1.54) is 5.56 Å². The van der Waals surface area contributed by atoms with Gasteiger partial charge in [-0.05, 0) is 77.9 Å². The summed E-state index contributed by atoms with van der Waals surface area (Å²) in [6.45, 7) is 3.94. The quantitative estimate of drug-likeness (QED) is 0.520. The highest BCUT2D eigenvalue weighted by molar-refractivity contribution is 7.51. The average Bonchev–Trinajstić information content (AvgIpc) is 2.64. The van der Waals surface area contributed by atoms with E-state index in [4.69, 9.17) is 14.5 Å². The number of phenolic OH excluding ortho intramolecular Hbond substituents is 1. The summed E-state index contributed by atoms with van der Waals surface area (Å²) in [5.41, 5.74) is 6.49. The zero-order valence-corrected chi connectivity index (χ0v) is 16.7. The van der Waals surface area contributed by atoms with Gasteiger partial charge < -0.3 is 19.6 Å². The predicted octanol–water partition coefficient (Wildman–Crippen LogP) is 4.78. The highest BCUT2D eigenvalue weighted by Gasteiger charge is 2.15. The van der Waals surface area contributed by atoms with Crippen LogP contribution in [0.2, 0.25) is 0 Å². The summed E-state index contributed by atoms with van der Waals surface area (Å²) in [6, 6.07) is 19.0. The molecule has 3 N–H and O–H groups in total. The van der Waals surface area contributed by atoms with Gasteiger partial charge in [0, 0.05) is 0 Å². The molecule has 3 aromatic rings. The summed E-state index contributed by atoms with van der Waals surface area (Å²) in [5.74, 6) is 0.712. The summed E-state index contributed by atoms with van der Waals surface area (Å²) < 4.78 is 16.2. The van der Waals surface area contributed by atoms with Gasteiger partial charge in [-0.3, -0.25) is 4.57 Å². The Kier molecular flexibility index (Phi) is 5.90. The maximum atomic E-state index is 11.0. The minimum absolute atomic E-state index is 0.250. The van der Waals surface area contributed by atoms with Crippen LogP contribution in [-0.4, -0.2) is 21.2 Å². The maximum absolute atomic E-state index is 11.0. The number of phenols is 1. The third kappa shape index (κ3) is 5.23. The molecule has 0 amide bonds. The molecule has 3 rings (SSSR count). The van der Waals surface area contributed by atoms with Crippen molar-refractivity contribution in [2.45, 2.75) is 20.3 Å². The lowest BCUT2D eigenvalue weighted by Crippen LogP contribution is -2.01. The molecule has 0 aromatic heterocycles. The van der Waals surface area contributed by atoms with E-state index < -0.39 is 13.9 Å². The van der Waals surface area contributed by atoms with Crippen LogP contribution >= 0.6 is 7.60 Å². The summed E-state index contributed by atoms with van der Waals surface area (Å²) in [6.07, 6.45) is 0.135. The first kappa shape index (κ1) is 20.2. The number of hydrogen-bond donors (Lipinski definition) is 3. The van der Waals surface area contributed by atoms with Gasteiger partial charge in [0.25, 0.3) is 0 Å². The van der Waals surface area contributed by atoms with Gasteiger partial charge in [-0.2, -0.15) is 0 Å². The number of benzene rings is 3. The molecule has 0 radical (unpaired) electrons. The molecule has 5 nitrogen and oxygen atoms in total. The summed E-state index contributed by atoms with van der Waals surface area (Å²) in [5, 5.41) is 9.41. The second-order valence-electron chi connectivity index (χ2n) is 6.89. The van der Waals surface area contributed by atoms with E-state index in [9.17, 15) is 9.67 Å². The third-order valence-electron chi connectivity index (χ3n) is 4.60. The Labute approximate surface area is 164 Å². The van der Waals surface area contributed by atoms with Crippen LogP contribution in [0.5, 0.6) is 11.5 Å². The average molecular weight is 398 g/mol. The van der Waals surface area contributed by atoms with Crippen LogP contribution < -0.4 is 4.74 Å². The fourth-order valence-electron chi connectivity index (χ4n) is 3.15. The molecule has 0 aliphatic rings. The van der Waals surface area contributed by atoms with Crippen molar-refractivity contribution in [3.8, 4) is 22.6 Å². The Morgan fingerprint density at radius 1 is 0.857 bits per heavy atom. The van der Waals surface area contributed by atoms with Crippen LogP contribution in [0.3, 0.4) is 0 Å². The Balaban J connectivity index is 1.76. The second-order valence-corrected chi connectivity index (χ2v) is 8.48. The van der Waals surface area contributed by atoms with Crippen molar-refractivity contribution < 1.29 is 24.2 Å². The van der Waals surface area contributed by atoms with E-state index in [1.54, 1.807) is 12.1 Å². The van der Waals surface area contributed by atoms with Crippen LogP contribution in [0.15, 0.2) is 60.7 Å². The van der Waals surface area contributed by atoms with Crippen LogP contribution in [0.4, 0.5) is 0 Å². The second kappa shape index (κ2) is 8.19. The zero-order valence-electron chi connectivity index (χ0n) is 15.8. The molecular weight excluding hydrogens is 375 g/mol. The largest absolute Gasteiger partial charge is 0.508 e. The number of ether oxygens (including phenoxy) is 1. The summed E-state index contributed by atoms with van der Waals surface area (Å²) in [7, 11) is -4.20. The zero-order chi connectivity index (χ0) is 20.3. The molecule has 0 heterocycles. The molecule has 0 unspecified atom stereocenters. The summed E-state index contributed by atoms with van der Waals surface area (Å²) in [4.78, 5) is 17.9. The standard InChI is InChI=1S/C22H23O5P/c1-15-11-21(27-14-28(24,25)26)12-16(2)22(15)13-17-3-5-18(6-4-17)19-7-9-20(23)10-8-19/h3-12,23H,13-14H2,1-2H3,(H2,24,25,26). The van der Waals surface area contributed by atoms with Gasteiger partial charge in [0.2, 0.25) is 0 Å². The van der Waals surface area contributed by atoms with Crippen molar-refractivity contribution in [2.24, 2.45) is 0 Å². The number of hydrogen-bond acceptors (Lipinski definition) is 3. The number of aryl methyl sites for hydroxylation is 2. The van der Waals surface area contributed by atoms with Crippen molar-refractivity contribution >= 4 is 7.60 Å². The molecule has 0 saturated carbocycles. The van der Waals surface area contributed by atoms with Crippen molar-refractivity contribution in [2.75, 3.05) is 6.35 Å². The molecule has 0 bridgehead atoms. The van der Waals surface area contributed by atoms with E-state index in [2.05, 4.69) is 24.3 Å². The Morgan fingerprint density at radius 3 is 1.86 bits per heavy atom. The fourth-order valence-corrected chi connectivity index (χ4v) is 3.46. The van der Waals surface area contributed by atoms with Crippen molar-refractivity contribution in [1.82, 2.24) is 0 Å². The topological polar surface area (TPSA) is 87.0 Å². The highest BCUT2D eigenvalue weighted by Crippen LogP contribution is 2.35. The molecule has 0 atom stereocenters. The molecule has 0 fully saturated rings. The molecule has 0 aliphatic heterocycles. The Bertz CT molecular complexity index is 981. The SMILES string of the molecule is Cc1cc(OCP(=O)(O)O)cc(C)c1Cc1ccc(-c2ccc(O)cc2)cc1. The van der Waals surface area contributed by atoms with Crippen LogP contribution in [0.25, 0.3) is 11.1 Å². The lowest BCUT2D eigenvalue weighted by molar-refractivity contribution is 0.300. The van der Waals surface area contributed by atoms with Crippen LogP contribution in [0, 0.1) is 13.8 Å². The molecule has 0 aliphatic carbocycles. The normalized spacial score (nSPS) is 11.4. The van der Waals surface area contributed by atoms with E-state index in [-0.39, 0.29) is 5.75 Å². The first-order valence-electron chi connectivity index (χ1n) is 8.87. The molecule has 146 valence electrons. The van der Waals surface area contributed by atoms with E-state index in [0.717, 1.165) is 34.2 Å². The lowest BCUT2D eigenvalue weighted by atomic mass is 9.94. The van der Waals surface area contributed by atoms with Gasteiger partial charge in [-0.25, -0.2) is 0 Å². The van der Waals surface area contributed by atoms with Gasteiger partial charge in [0.1, 0.15) is 11.5 Å². The van der Waals surface area contributed by atoms with Gasteiger partial charge >= 0.3 is 7.60 Å². The first-order chi connectivity index (χ1) is 13.2. The fraction of sp³-hybridized carbons (Fsp3) is 0.182. The molecule has 28 heavy (non-hydrogen) atoms. The van der Waals surface area contributed by atoms with Gasteiger partial charge in [0.15, 0.2) is 6.35 Å². The molecular formula is C22H23O5P. The molecule has 3 aromatic carbocycles. The Hall–Kier alpha value is -2.59. The lowest BCUT2D eigenvalue weighted by Gasteiger charge is -2.14. The van der Waals surface area contributed by atoms with E-state index >= 15 is 0 Å². The summed E-state index contributed by atoms with van der Waals surface area (Å²) >= 11 is 0. The minimum Gasteiger partial charge on any atom is -0.508 e. The van der Waals surface area contributed by atoms with E-state index in [0.29, 0.717) is 5.75 Å². The third-order valence-corrected chi connectivity index (χ3v) is 5.07. The van der Waals surface area contributed by atoms with Crippen LogP contribution in [-0.2, 0) is 11.0 Å². The monoisotopic (exact) mass is 398 g/mol. The van der Waals surface area contributed by atoms with Gasteiger partial charge in [-0.15, -0.1) is 0 Å². The molecule has 6 heteroatoms. The first-order valence-corrected chi connectivity index (χ1v) is 10.7. The number of aromatic hydroxyl groups is 1. The Morgan fingerprint density at radius 2 is 1.36 bits per heavy atom.